The Morgan fingerprint density at radius 3 is 2.97 bits per heavy atom. The zero-order chi connectivity index (χ0) is 22.2. The van der Waals surface area contributed by atoms with Crippen LogP contribution < -0.4 is 22.2 Å². The molecule has 1 saturated carbocycles. The monoisotopic (exact) mass is 447 g/mol. The number of anilines is 1. The zero-order valence-corrected chi connectivity index (χ0v) is 17.6. The summed E-state index contributed by atoms with van der Waals surface area (Å²) in [6.45, 7) is 0. The molecule has 2 atom stereocenters. The fourth-order valence-electron chi connectivity index (χ4n) is 3.90. The van der Waals surface area contributed by atoms with Crippen molar-refractivity contribution in [1.82, 2.24) is 30.3 Å². The summed E-state index contributed by atoms with van der Waals surface area (Å²) in [5, 5.41) is 7.66. The van der Waals surface area contributed by atoms with Gasteiger partial charge in [0.25, 0.3) is 0 Å². The lowest BCUT2D eigenvalue weighted by Gasteiger charge is -2.46. The van der Waals surface area contributed by atoms with Crippen LogP contribution in [0.2, 0.25) is 5.02 Å². The summed E-state index contributed by atoms with van der Waals surface area (Å²) in [6.07, 6.45) is 6.99. The van der Waals surface area contributed by atoms with Crippen LogP contribution in [0.3, 0.4) is 0 Å². The molecule has 2 amide bonds. The summed E-state index contributed by atoms with van der Waals surface area (Å²) in [7, 11) is 1.47. The minimum atomic E-state index is -1.21. The predicted octanol–water partition coefficient (Wildman–Crippen LogP) is 2.34. The van der Waals surface area contributed by atoms with E-state index in [-0.39, 0.29) is 11.6 Å². The molecule has 0 aromatic carbocycles. The number of fused-ring (bicyclic) bond motifs is 1. The topological polar surface area (TPSA) is 151 Å². The lowest BCUT2D eigenvalue weighted by molar-refractivity contribution is 0.0721. The van der Waals surface area contributed by atoms with Gasteiger partial charge < -0.3 is 21.4 Å². The highest BCUT2D eigenvalue weighted by Crippen LogP contribution is 2.32. The van der Waals surface area contributed by atoms with E-state index in [1.807, 2.05) is 0 Å². The highest BCUT2D eigenvalue weighted by Gasteiger charge is 2.44. The molecular weight excluding hydrogens is 425 g/mol. The SMILES string of the molecule is CNC(=O)N(N)[C@@]1(N)CCCC[C@@H]1Nc1nc(-c2c[nH]c3ncc(Cl)cc23)ncc1F. The Kier molecular flexibility index (Phi) is 5.65. The molecule has 10 nitrogen and oxygen atoms in total. The van der Waals surface area contributed by atoms with Crippen LogP contribution in [-0.4, -0.2) is 49.7 Å². The number of hydrogen-bond acceptors (Lipinski definition) is 7. The Bertz CT molecular complexity index is 1120. The molecule has 4 rings (SSSR count). The molecule has 3 aromatic heterocycles. The Balaban J connectivity index is 1.68. The van der Waals surface area contributed by atoms with E-state index in [1.54, 1.807) is 12.3 Å². The van der Waals surface area contributed by atoms with Crippen molar-refractivity contribution in [2.75, 3.05) is 12.4 Å². The van der Waals surface area contributed by atoms with Crippen molar-refractivity contribution in [3.63, 3.8) is 0 Å². The van der Waals surface area contributed by atoms with Crippen LogP contribution in [0.5, 0.6) is 0 Å². The highest BCUT2D eigenvalue weighted by molar-refractivity contribution is 6.31. The molecule has 0 saturated heterocycles. The molecule has 0 spiro atoms. The number of nitrogens with zero attached hydrogens (tertiary/aromatic N) is 4. The third-order valence-electron chi connectivity index (χ3n) is 5.60. The molecule has 7 N–H and O–H groups in total. The van der Waals surface area contributed by atoms with E-state index in [1.165, 1.54) is 13.2 Å². The van der Waals surface area contributed by atoms with Gasteiger partial charge in [-0.15, -0.1) is 0 Å². The quantitative estimate of drug-likeness (QED) is 0.178. The molecule has 1 aliphatic rings. The zero-order valence-electron chi connectivity index (χ0n) is 16.8. The van der Waals surface area contributed by atoms with E-state index in [9.17, 15) is 9.18 Å². The fraction of sp³-hybridized carbons (Fsp3) is 0.368. The molecule has 12 heteroatoms. The first-order chi connectivity index (χ1) is 14.8. The van der Waals surface area contributed by atoms with Gasteiger partial charge in [0.15, 0.2) is 17.5 Å². The minimum absolute atomic E-state index is 0.0265. The second-order valence-electron chi connectivity index (χ2n) is 7.50. The average Bonchev–Trinajstić information content (AvgIpc) is 3.18. The number of pyridine rings is 1. The van der Waals surface area contributed by atoms with Crippen molar-refractivity contribution in [3.05, 3.63) is 35.5 Å². The summed E-state index contributed by atoms with van der Waals surface area (Å²) in [4.78, 5) is 27.8. The maximum absolute atomic E-state index is 14.6. The third kappa shape index (κ3) is 3.87. The van der Waals surface area contributed by atoms with Gasteiger partial charge in [0.05, 0.1) is 17.3 Å². The summed E-state index contributed by atoms with van der Waals surface area (Å²) >= 11 is 6.07. The van der Waals surface area contributed by atoms with Crippen molar-refractivity contribution in [2.45, 2.75) is 37.4 Å². The van der Waals surface area contributed by atoms with Crippen LogP contribution in [-0.2, 0) is 0 Å². The number of hydrogen-bond donors (Lipinski definition) is 5. The number of amides is 2. The van der Waals surface area contributed by atoms with Gasteiger partial charge in [-0.3, -0.25) is 0 Å². The maximum Gasteiger partial charge on any atom is 0.333 e. The number of nitrogens with two attached hydrogens (primary N) is 2. The number of carbonyl (C=O) groups is 1. The molecule has 1 fully saturated rings. The van der Waals surface area contributed by atoms with E-state index >= 15 is 0 Å². The number of H-pyrrole nitrogens is 1. The normalized spacial score (nSPS) is 21.1. The predicted molar refractivity (Wildman–Crippen MR) is 115 cm³/mol. The largest absolute Gasteiger partial charge is 0.361 e. The first kappa shape index (κ1) is 21.2. The van der Waals surface area contributed by atoms with Crippen LogP contribution in [0.25, 0.3) is 22.4 Å². The molecular formula is C19H23ClFN9O. The van der Waals surface area contributed by atoms with Gasteiger partial charge in [0, 0.05) is 30.4 Å². The summed E-state index contributed by atoms with van der Waals surface area (Å²) in [6, 6.07) is 0.695. The average molecular weight is 448 g/mol. The second kappa shape index (κ2) is 8.25. The Hall–Kier alpha value is -3.02. The number of halogens is 2. The van der Waals surface area contributed by atoms with Crippen molar-refractivity contribution >= 4 is 34.5 Å². The van der Waals surface area contributed by atoms with E-state index in [4.69, 9.17) is 23.2 Å². The van der Waals surface area contributed by atoms with Crippen molar-refractivity contribution < 1.29 is 9.18 Å². The number of nitrogens with one attached hydrogen (secondary N) is 3. The van der Waals surface area contributed by atoms with Crippen LogP contribution in [0.1, 0.15) is 25.7 Å². The molecule has 0 bridgehead atoms. The van der Waals surface area contributed by atoms with Crippen molar-refractivity contribution in [3.8, 4) is 11.4 Å². The van der Waals surface area contributed by atoms with Crippen molar-refractivity contribution in [1.29, 1.82) is 0 Å². The molecule has 1 aliphatic carbocycles. The molecule has 3 aromatic rings. The number of aromatic amines is 1. The Labute approximate surface area is 182 Å². The van der Waals surface area contributed by atoms with Crippen LogP contribution in [0, 0.1) is 5.82 Å². The number of carbonyl (C=O) groups excluding carboxylic acids is 1. The maximum atomic E-state index is 14.6. The summed E-state index contributed by atoms with van der Waals surface area (Å²) in [5.41, 5.74) is 6.55. The fourth-order valence-corrected chi connectivity index (χ4v) is 4.06. The van der Waals surface area contributed by atoms with Gasteiger partial charge in [-0.1, -0.05) is 18.0 Å². The Morgan fingerprint density at radius 1 is 1.39 bits per heavy atom. The van der Waals surface area contributed by atoms with Crippen LogP contribution in [0.15, 0.2) is 24.7 Å². The minimum Gasteiger partial charge on any atom is -0.361 e. The molecule has 31 heavy (non-hydrogen) atoms. The van der Waals surface area contributed by atoms with Crippen LogP contribution >= 0.6 is 11.6 Å². The summed E-state index contributed by atoms with van der Waals surface area (Å²) < 4.78 is 14.6. The van der Waals surface area contributed by atoms with E-state index in [2.05, 4.69) is 30.6 Å². The molecule has 0 aliphatic heterocycles. The van der Waals surface area contributed by atoms with Gasteiger partial charge in [-0.25, -0.2) is 35.0 Å². The van der Waals surface area contributed by atoms with Crippen molar-refractivity contribution in [2.24, 2.45) is 11.6 Å². The number of hydrazine groups is 1. The van der Waals surface area contributed by atoms with E-state index < -0.39 is 23.6 Å². The molecule has 164 valence electrons. The molecule has 0 radical (unpaired) electrons. The van der Waals surface area contributed by atoms with E-state index in [0.717, 1.165) is 24.0 Å². The van der Waals surface area contributed by atoms with Gasteiger partial charge in [0.1, 0.15) is 11.3 Å². The van der Waals surface area contributed by atoms with Gasteiger partial charge in [-0.2, -0.15) is 0 Å². The first-order valence-electron chi connectivity index (χ1n) is 9.81. The highest BCUT2D eigenvalue weighted by atomic mass is 35.5. The lowest BCUT2D eigenvalue weighted by Crippen LogP contribution is -2.71. The number of aromatic nitrogens is 4. The molecule has 0 unspecified atom stereocenters. The standard InChI is InChI=1S/C19H23ClFN9O/c1-24-18(31)30(23)19(22)5-3-2-4-14(19)28-17-13(21)9-27-16(29-17)12-8-26-15-11(12)6-10(20)7-25-15/h6-9,14H,2-5,22-23H2,1H3,(H,24,31)(H,25,26)(H,27,28,29)/t14-,19-/m0/s1. The number of urea groups is 1. The van der Waals surface area contributed by atoms with Gasteiger partial charge in [0.2, 0.25) is 0 Å². The lowest BCUT2D eigenvalue weighted by atomic mass is 9.84. The van der Waals surface area contributed by atoms with Gasteiger partial charge >= 0.3 is 6.03 Å². The smallest absolute Gasteiger partial charge is 0.333 e. The van der Waals surface area contributed by atoms with Crippen LogP contribution in [0.4, 0.5) is 15.0 Å². The van der Waals surface area contributed by atoms with Gasteiger partial charge in [-0.05, 0) is 25.3 Å². The number of rotatable bonds is 4. The van der Waals surface area contributed by atoms with E-state index in [0.29, 0.717) is 34.5 Å². The Morgan fingerprint density at radius 2 is 2.19 bits per heavy atom. The first-order valence-corrected chi connectivity index (χ1v) is 10.2. The summed E-state index contributed by atoms with van der Waals surface area (Å²) in [5.74, 6) is 5.63. The molecule has 3 heterocycles. The second-order valence-corrected chi connectivity index (χ2v) is 7.94. The third-order valence-corrected chi connectivity index (χ3v) is 5.81.